The van der Waals surface area contributed by atoms with Gasteiger partial charge in [-0.05, 0) is 58.8 Å². The molecule has 164 valence electrons. The second-order valence-electron chi connectivity index (χ2n) is 8.67. The Hall–Kier alpha value is -0.785. The summed E-state index contributed by atoms with van der Waals surface area (Å²) in [5, 5.41) is 0.639. The standard InChI is InChI=1S/C20H32BClN2O3.C2H6/c1-15-16(21-26-19(2,3)20(4,5)27-21)7-8-17(18(15)22)25-14-13-24-11-9-23(6)10-12-24;1-2/h7-8H,9-14H2,1-6H3;1-2H3. The first-order chi connectivity index (χ1) is 13.6. The third kappa shape index (κ3) is 5.68. The molecule has 5 nitrogen and oxygen atoms in total. The highest BCUT2D eigenvalue weighted by Crippen LogP contribution is 2.37. The first kappa shape index (κ1) is 24.5. The molecule has 3 rings (SSSR count). The van der Waals surface area contributed by atoms with Crippen LogP contribution in [0.2, 0.25) is 5.02 Å². The zero-order valence-corrected chi connectivity index (χ0v) is 20.2. The number of hydrogen-bond acceptors (Lipinski definition) is 5. The highest BCUT2D eigenvalue weighted by molar-refractivity contribution is 6.63. The Morgan fingerprint density at radius 3 is 2.14 bits per heavy atom. The van der Waals surface area contributed by atoms with E-state index in [2.05, 4.69) is 44.5 Å². The summed E-state index contributed by atoms with van der Waals surface area (Å²) in [5.41, 5.74) is 1.18. The lowest BCUT2D eigenvalue weighted by molar-refractivity contribution is 0.00578. The van der Waals surface area contributed by atoms with Crippen LogP contribution in [-0.2, 0) is 9.31 Å². The zero-order chi connectivity index (χ0) is 21.8. The number of nitrogens with zero attached hydrogens (tertiary/aromatic N) is 2. The first-order valence-corrected chi connectivity index (χ1v) is 11.2. The van der Waals surface area contributed by atoms with Crippen LogP contribution in [0, 0.1) is 6.92 Å². The van der Waals surface area contributed by atoms with Crippen molar-refractivity contribution in [3.8, 4) is 5.75 Å². The van der Waals surface area contributed by atoms with E-state index in [1.807, 2.05) is 32.9 Å². The van der Waals surface area contributed by atoms with Crippen molar-refractivity contribution >= 4 is 24.2 Å². The summed E-state index contributed by atoms with van der Waals surface area (Å²) in [6, 6.07) is 3.94. The maximum Gasteiger partial charge on any atom is 0.495 e. The molecule has 2 aliphatic rings. The normalized spacial score (nSPS) is 21.6. The zero-order valence-electron chi connectivity index (χ0n) is 19.5. The van der Waals surface area contributed by atoms with Crippen LogP contribution < -0.4 is 10.2 Å². The van der Waals surface area contributed by atoms with E-state index in [1.165, 1.54) is 0 Å². The van der Waals surface area contributed by atoms with Gasteiger partial charge >= 0.3 is 7.12 Å². The Balaban J connectivity index is 0.00000145. The van der Waals surface area contributed by atoms with Crippen molar-refractivity contribution in [3.05, 3.63) is 22.7 Å². The fourth-order valence-corrected chi connectivity index (χ4v) is 3.59. The molecule has 2 fully saturated rings. The SMILES string of the molecule is CC.Cc1c(B2OC(C)(C)C(C)(C)O2)ccc(OCCN2CCN(C)CC2)c1Cl. The van der Waals surface area contributed by atoms with Crippen LogP contribution in [0.15, 0.2) is 12.1 Å². The smallest absolute Gasteiger partial charge is 0.491 e. The van der Waals surface area contributed by atoms with E-state index in [-0.39, 0.29) is 11.2 Å². The maximum atomic E-state index is 6.60. The monoisotopic (exact) mass is 424 g/mol. The molecule has 7 heteroatoms. The highest BCUT2D eigenvalue weighted by atomic mass is 35.5. The van der Waals surface area contributed by atoms with Crippen LogP contribution in [0.1, 0.15) is 47.1 Å². The van der Waals surface area contributed by atoms with Gasteiger partial charge < -0.3 is 18.9 Å². The lowest BCUT2D eigenvalue weighted by Crippen LogP contribution is -2.45. The molecule has 0 unspecified atom stereocenters. The first-order valence-electron chi connectivity index (χ1n) is 10.8. The summed E-state index contributed by atoms with van der Waals surface area (Å²) >= 11 is 6.60. The average molecular weight is 425 g/mol. The van der Waals surface area contributed by atoms with Crippen LogP contribution in [0.5, 0.6) is 5.75 Å². The second kappa shape index (κ2) is 10.0. The molecule has 1 aromatic rings. The minimum absolute atomic E-state index is 0.367. The molecular weight excluding hydrogens is 387 g/mol. The number of ether oxygens (including phenoxy) is 1. The fourth-order valence-electron chi connectivity index (χ4n) is 3.37. The van der Waals surface area contributed by atoms with Crippen LogP contribution in [0.4, 0.5) is 0 Å². The molecule has 0 aromatic heterocycles. The molecule has 0 aliphatic carbocycles. The van der Waals surface area contributed by atoms with Crippen molar-refractivity contribution < 1.29 is 14.0 Å². The van der Waals surface area contributed by atoms with Crippen molar-refractivity contribution in [3.63, 3.8) is 0 Å². The van der Waals surface area contributed by atoms with E-state index in [0.29, 0.717) is 11.6 Å². The third-order valence-corrected chi connectivity index (χ3v) is 6.63. The van der Waals surface area contributed by atoms with E-state index >= 15 is 0 Å². The van der Waals surface area contributed by atoms with Crippen molar-refractivity contribution in [1.82, 2.24) is 9.80 Å². The number of hydrogen-bond donors (Lipinski definition) is 0. The van der Waals surface area contributed by atoms with Gasteiger partial charge in [-0.15, -0.1) is 0 Å². The molecular formula is C22H38BClN2O3. The van der Waals surface area contributed by atoms with Crippen LogP contribution in [0.3, 0.4) is 0 Å². The summed E-state index contributed by atoms with van der Waals surface area (Å²) in [7, 11) is 1.75. The second-order valence-corrected chi connectivity index (χ2v) is 9.05. The fraction of sp³-hybridized carbons (Fsp3) is 0.727. The molecule has 0 amide bonds. The number of likely N-dealkylation sites (N-methyl/N-ethyl adjacent to an activating group) is 1. The molecule has 0 bridgehead atoms. The quantitative estimate of drug-likeness (QED) is 0.675. The largest absolute Gasteiger partial charge is 0.495 e. The molecule has 1 aromatic carbocycles. The average Bonchev–Trinajstić information content (AvgIpc) is 2.89. The summed E-state index contributed by atoms with van der Waals surface area (Å²) in [4.78, 5) is 4.78. The summed E-state index contributed by atoms with van der Waals surface area (Å²) < 4.78 is 18.3. The molecule has 2 heterocycles. The maximum absolute atomic E-state index is 6.60. The number of rotatable bonds is 5. The predicted octanol–water partition coefficient (Wildman–Crippen LogP) is 3.60. The van der Waals surface area contributed by atoms with Gasteiger partial charge in [0.1, 0.15) is 12.4 Å². The van der Waals surface area contributed by atoms with E-state index in [0.717, 1.165) is 49.5 Å². The highest BCUT2D eigenvalue weighted by Gasteiger charge is 2.52. The lowest BCUT2D eigenvalue weighted by atomic mass is 9.76. The minimum atomic E-state index is -0.410. The van der Waals surface area contributed by atoms with Gasteiger partial charge in [0.25, 0.3) is 0 Å². The van der Waals surface area contributed by atoms with Gasteiger partial charge in [-0.1, -0.05) is 31.5 Å². The van der Waals surface area contributed by atoms with E-state index < -0.39 is 7.12 Å². The molecule has 0 saturated carbocycles. The van der Waals surface area contributed by atoms with Gasteiger partial charge in [-0.3, -0.25) is 4.90 Å². The van der Waals surface area contributed by atoms with Crippen molar-refractivity contribution in [2.45, 2.75) is 59.7 Å². The number of piperazine rings is 1. The van der Waals surface area contributed by atoms with E-state index in [9.17, 15) is 0 Å². The Morgan fingerprint density at radius 1 is 1.03 bits per heavy atom. The Kier molecular flexibility index (Phi) is 8.46. The Bertz CT molecular complexity index is 660. The predicted molar refractivity (Wildman–Crippen MR) is 123 cm³/mol. The van der Waals surface area contributed by atoms with Crippen molar-refractivity contribution in [1.29, 1.82) is 0 Å². The van der Waals surface area contributed by atoms with Gasteiger partial charge in [-0.2, -0.15) is 0 Å². The topological polar surface area (TPSA) is 34.2 Å². The van der Waals surface area contributed by atoms with Crippen molar-refractivity contribution in [2.24, 2.45) is 0 Å². The Morgan fingerprint density at radius 2 is 1.59 bits per heavy atom. The van der Waals surface area contributed by atoms with Crippen LogP contribution >= 0.6 is 11.6 Å². The minimum Gasteiger partial charge on any atom is -0.491 e. The van der Waals surface area contributed by atoms with Gasteiger partial charge in [-0.25, -0.2) is 0 Å². The third-order valence-electron chi connectivity index (χ3n) is 6.16. The molecule has 2 saturated heterocycles. The molecule has 29 heavy (non-hydrogen) atoms. The summed E-state index contributed by atoms with van der Waals surface area (Å²) in [5.74, 6) is 0.726. The van der Waals surface area contributed by atoms with Gasteiger partial charge in [0.2, 0.25) is 0 Å². The molecule has 2 aliphatic heterocycles. The molecule has 0 spiro atoms. The van der Waals surface area contributed by atoms with Gasteiger partial charge in [0, 0.05) is 32.7 Å². The van der Waals surface area contributed by atoms with Crippen LogP contribution in [-0.4, -0.2) is 74.5 Å². The van der Waals surface area contributed by atoms with Crippen molar-refractivity contribution in [2.75, 3.05) is 46.4 Å². The van der Waals surface area contributed by atoms with E-state index in [1.54, 1.807) is 0 Å². The van der Waals surface area contributed by atoms with Gasteiger partial charge in [0.05, 0.1) is 16.2 Å². The molecule has 0 N–H and O–H groups in total. The number of halogens is 1. The lowest BCUT2D eigenvalue weighted by Gasteiger charge is -2.32. The van der Waals surface area contributed by atoms with Gasteiger partial charge in [0.15, 0.2) is 0 Å². The summed E-state index contributed by atoms with van der Waals surface area (Å²) in [6.45, 7) is 20.2. The summed E-state index contributed by atoms with van der Waals surface area (Å²) in [6.07, 6.45) is 0. The van der Waals surface area contributed by atoms with E-state index in [4.69, 9.17) is 25.6 Å². The number of benzene rings is 1. The molecule has 0 radical (unpaired) electrons. The Labute approximate surface area is 182 Å². The molecule has 0 atom stereocenters. The van der Waals surface area contributed by atoms with Crippen LogP contribution in [0.25, 0.3) is 0 Å².